The summed E-state index contributed by atoms with van der Waals surface area (Å²) in [5.41, 5.74) is 6.12. The molecule has 2 rings (SSSR count). The minimum atomic E-state index is -0.624. The number of nitrogens with two attached hydrogens (primary N) is 1. The fourth-order valence-corrected chi connectivity index (χ4v) is 2.38. The first-order chi connectivity index (χ1) is 11.9. The van der Waals surface area contributed by atoms with Crippen molar-refractivity contribution < 1.29 is 19.2 Å². The predicted octanol–water partition coefficient (Wildman–Crippen LogP) is 2.69. The van der Waals surface area contributed by atoms with Crippen molar-refractivity contribution in [3.8, 4) is 11.5 Å². The van der Waals surface area contributed by atoms with Gasteiger partial charge in [0.15, 0.2) is 0 Å². The molecule has 25 heavy (non-hydrogen) atoms. The normalized spacial score (nSPS) is 11.5. The third-order valence-corrected chi connectivity index (χ3v) is 3.74. The number of nitro groups is 1. The molecule has 1 amide bonds. The smallest absolute Gasteiger partial charge is 0.292 e. The molecular formula is C17H19N3O5. The molecular weight excluding hydrogens is 326 g/mol. The summed E-state index contributed by atoms with van der Waals surface area (Å²) >= 11 is 0. The van der Waals surface area contributed by atoms with Crippen molar-refractivity contribution >= 4 is 17.3 Å². The second-order valence-electron chi connectivity index (χ2n) is 5.33. The van der Waals surface area contributed by atoms with Crippen molar-refractivity contribution in [2.75, 3.05) is 20.0 Å². The van der Waals surface area contributed by atoms with Crippen LogP contribution in [0.4, 0.5) is 11.4 Å². The van der Waals surface area contributed by atoms with Gasteiger partial charge in [-0.3, -0.25) is 14.9 Å². The number of ether oxygens (including phenoxy) is 2. The Morgan fingerprint density at radius 2 is 1.92 bits per heavy atom. The molecule has 0 aliphatic rings. The van der Waals surface area contributed by atoms with Crippen LogP contribution in [0.3, 0.4) is 0 Å². The van der Waals surface area contributed by atoms with E-state index in [0.717, 1.165) is 11.6 Å². The second-order valence-corrected chi connectivity index (χ2v) is 5.33. The van der Waals surface area contributed by atoms with Gasteiger partial charge in [0.2, 0.25) is 0 Å². The lowest BCUT2D eigenvalue weighted by Crippen LogP contribution is -2.27. The maximum atomic E-state index is 12.4. The van der Waals surface area contributed by atoms with E-state index in [9.17, 15) is 14.9 Å². The summed E-state index contributed by atoms with van der Waals surface area (Å²) in [6, 6.07) is 8.77. The summed E-state index contributed by atoms with van der Waals surface area (Å²) in [6.45, 7) is 1.78. The lowest BCUT2D eigenvalue weighted by atomic mass is 10.1. The van der Waals surface area contributed by atoms with Crippen LogP contribution >= 0.6 is 0 Å². The Balaban J connectivity index is 2.26. The summed E-state index contributed by atoms with van der Waals surface area (Å²) < 4.78 is 10.5. The van der Waals surface area contributed by atoms with Crippen molar-refractivity contribution in [3.63, 3.8) is 0 Å². The van der Waals surface area contributed by atoms with Crippen molar-refractivity contribution in [3.05, 3.63) is 57.6 Å². The van der Waals surface area contributed by atoms with Crippen LogP contribution in [0.1, 0.15) is 28.9 Å². The Hall–Kier alpha value is -3.29. The van der Waals surface area contributed by atoms with Crippen LogP contribution in [0.2, 0.25) is 0 Å². The zero-order valence-electron chi connectivity index (χ0n) is 14.1. The summed E-state index contributed by atoms with van der Waals surface area (Å²) in [5, 5.41) is 13.7. The largest absolute Gasteiger partial charge is 0.497 e. The highest BCUT2D eigenvalue weighted by Gasteiger charge is 2.19. The van der Waals surface area contributed by atoms with E-state index in [0.29, 0.717) is 11.5 Å². The fraction of sp³-hybridized carbons (Fsp3) is 0.235. The minimum absolute atomic E-state index is 0.00376. The van der Waals surface area contributed by atoms with Gasteiger partial charge in [-0.15, -0.1) is 0 Å². The van der Waals surface area contributed by atoms with Gasteiger partial charge in [-0.25, -0.2) is 0 Å². The number of anilines is 1. The second kappa shape index (κ2) is 7.52. The summed E-state index contributed by atoms with van der Waals surface area (Å²) in [6.07, 6.45) is 0. The number of carbonyl (C=O) groups is 1. The topological polar surface area (TPSA) is 117 Å². The third kappa shape index (κ3) is 3.97. The number of hydrogen-bond donors (Lipinski definition) is 2. The summed E-state index contributed by atoms with van der Waals surface area (Å²) in [5.74, 6) is 0.761. The van der Waals surface area contributed by atoms with E-state index in [1.54, 1.807) is 32.2 Å². The molecule has 8 nitrogen and oxygen atoms in total. The quantitative estimate of drug-likeness (QED) is 0.472. The number of carbonyl (C=O) groups excluding carboxylic acids is 1. The van der Waals surface area contributed by atoms with Crippen LogP contribution in [-0.4, -0.2) is 25.1 Å². The van der Waals surface area contributed by atoms with Crippen LogP contribution in [0.15, 0.2) is 36.4 Å². The highest BCUT2D eigenvalue weighted by molar-refractivity contribution is 5.95. The average molecular weight is 345 g/mol. The molecule has 0 heterocycles. The Labute approximate surface area is 144 Å². The number of benzene rings is 2. The Kier molecular flexibility index (Phi) is 5.43. The van der Waals surface area contributed by atoms with Gasteiger partial charge in [0.25, 0.3) is 11.6 Å². The van der Waals surface area contributed by atoms with E-state index in [1.165, 1.54) is 19.2 Å². The average Bonchev–Trinajstić information content (AvgIpc) is 2.60. The number of nitro benzene ring substituents is 1. The maximum Gasteiger partial charge on any atom is 0.292 e. The Morgan fingerprint density at radius 1 is 1.20 bits per heavy atom. The molecule has 0 aliphatic heterocycles. The highest BCUT2D eigenvalue weighted by Crippen LogP contribution is 2.29. The van der Waals surface area contributed by atoms with Crippen LogP contribution in [-0.2, 0) is 0 Å². The molecule has 0 saturated carbocycles. The zero-order valence-corrected chi connectivity index (χ0v) is 14.1. The molecule has 1 atom stereocenters. The van der Waals surface area contributed by atoms with Gasteiger partial charge in [0.1, 0.15) is 17.2 Å². The third-order valence-electron chi connectivity index (χ3n) is 3.74. The van der Waals surface area contributed by atoms with E-state index in [1.807, 2.05) is 0 Å². The Morgan fingerprint density at radius 3 is 2.52 bits per heavy atom. The van der Waals surface area contributed by atoms with Crippen molar-refractivity contribution in [2.45, 2.75) is 13.0 Å². The lowest BCUT2D eigenvalue weighted by Gasteiger charge is -2.18. The van der Waals surface area contributed by atoms with Crippen LogP contribution in [0, 0.1) is 10.1 Å². The predicted molar refractivity (Wildman–Crippen MR) is 92.9 cm³/mol. The first-order valence-corrected chi connectivity index (χ1v) is 7.44. The monoisotopic (exact) mass is 345 g/mol. The molecule has 0 radical (unpaired) electrons. The molecule has 0 aromatic heterocycles. The van der Waals surface area contributed by atoms with Gasteiger partial charge in [-0.05, 0) is 37.3 Å². The van der Waals surface area contributed by atoms with Crippen LogP contribution in [0.5, 0.6) is 11.5 Å². The fourth-order valence-electron chi connectivity index (χ4n) is 2.38. The number of amides is 1. The van der Waals surface area contributed by atoms with Crippen molar-refractivity contribution in [2.24, 2.45) is 0 Å². The number of rotatable bonds is 6. The van der Waals surface area contributed by atoms with E-state index in [4.69, 9.17) is 15.2 Å². The van der Waals surface area contributed by atoms with Gasteiger partial charge >= 0.3 is 0 Å². The zero-order chi connectivity index (χ0) is 18.6. The Bertz CT molecular complexity index is 807. The molecule has 0 fully saturated rings. The minimum Gasteiger partial charge on any atom is -0.497 e. The molecule has 132 valence electrons. The molecule has 2 aromatic carbocycles. The number of methoxy groups -OCH3 is 2. The first kappa shape index (κ1) is 18.1. The molecule has 0 bridgehead atoms. The van der Waals surface area contributed by atoms with E-state index >= 15 is 0 Å². The van der Waals surface area contributed by atoms with E-state index in [-0.39, 0.29) is 16.9 Å². The van der Waals surface area contributed by atoms with Crippen LogP contribution in [0.25, 0.3) is 0 Å². The molecule has 0 spiro atoms. The number of nitrogens with zero attached hydrogens (tertiary/aromatic N) is 1. The molecule has 1 unspecified atom stereocenters. The van der Waals surface area contributed by atoms with Gasteiger partial charge < -0.3 is 20.5 Å². The molecule has 0 saturated heterocycles. The molecule has 0 aliphatic carbocycles. The maximum absolute atomic E-state index is 12.4. The van der Waals surface area contributed by atoms with Gasteiger partial charge in [0.05, 0.1) is 25.2 Å². The summed E-state index contributed by atoms with van der Waals surface area (Å²) in [7, 11) is 3.07. The lowest BCUT2D eigenvalue weighted by molar-refractivity contribution is -0.383. The SMILES string of the molecule is COc1ccc(OC)c(C(C)NC(=O)c2ccc(N)c([N+](=O)[O-])c2)c1. The first-order valence-electron chi connectivity index (χ1n) is 7.44. The van der Waals surface area contributed by atoms with Crippen LogP contribution < -0.4 is 20.5 Å². The van der Waals surface area contributed by atoms with E-state index < -0.39 is 16.9 Å². The van der Waals surface area contributed by atoms with Crippen molar-refractivity contribution in [1.82, 2.24) is 5.32 Å². The molecule has 3 N–H and O–H groups in total. The van der Waals surface area contributed by atoms with Crippen molar-refractivity contribution in [1.29, 1.82) is 0 Å². The number of nitrogen functional groups attached to an aromatic ring is 1. The van der Waals surface area contributed by atoms with Gasteiger partial charge in [-0.1, -0.05) is 0 Å². The molecule has 8 heteroatoms. The summed E-state index contributed by atoms with van der Waals surface area (Å²) in [4.78, 5) is 22.8. The number of nitrogens with one attached hydrogen (secondary N) is 1. The van der Waals surface area contributed by atoms with Gasteiger partial charge in [-0.2, -0.15) is 0 Å². The highest BCUT2D eigenvalue weighted by atomic mass is 16.6. The van der Waals surface area contributed by atoms with E-state index in [2.05, 4.69) is 5.32 Å². The number of hydrogen-bond acceptors (Lipinski definition) is 6. The molecule has 2 aromatic rings. The van der Waals surface area contributed by atoms with Gasteiger partial charge in [0, 0.05) is 17.2 Å². The standard InChI is InChI=1S/C17H19N3O5/c1-10(13-9-12(24-2)5-7-16(13)25-3)19-17(21)11-4-6-14(18)15(8-11)20(22)23/h4-10H,18H2,1-3H3,(H,19,21).